The van der Waals surface area contributed by atoms with Crippen LogP contribution in [0.1, 0.15) is 52.4 Å². The van der Waals surface area contributed by atoms with E-state index in [0.29, 0.717) is 6.61 Å². The van der Waals surface area contributed by atoms with Crippen molar-refractivity contribution < 1.29 is 49.6 Å². The molecule has 0 aliphatic carbocycles. The lowest BCUT2D eigenvalue weighted by molar-refractivity contribution is -0.328. The largest absolute Gasteiger partial charge is 0.388 e. The normalized spacial score (nSPS) is 42.4. The minimum absolute atomic E-state index is 0.293. The molecule has 2 aliphatic heterocycles. The van der Waals surface area contributed by atoms with Crippen LogP contribution in [0.5, 0.6) is 0 Å². The molecule has 2 saturated heterocycles. The van der Waals surface area contributed by atoms with E-state index in [-0.39, 0.29) is 6.61 Å². The molecule has 30 heavy (non-hydrogen) atoms. The van der Waals surface area contributed by atoms with E-state index in [4.69, 9.17) is 18.9 Å². The highest BCUT2D eigenvalue weighted by atomic mass is 16.7. The van der Waals surface area contributed by atoms with Crippen molar-refractivity contribution in [3.05, 3.63) is 0 Å². The highest BCUT2D eigenvalue weighted by Crippen LogP contribution is 2.26. The Bertz CT molecular complexity index is 481. The van der Waals surface area contributed by atoms with Gasteiger partial charge in [-0.15, -0.1) is 0 Å². The van der Waals surface area contributed by atoms with E-state index in [2.05, 4.69) is 6.92 Å². The lowest BCUT2D eigenvalue weighted by atomic mass is 9.98. The number of ether oxygens (including phenoxy) is 4. The van der Waals surface area contributed by atoms with Gasteiger partial charge >= 0.3 is 0 Å². The summed E-state index contributed by atoms with van der Waals surface area (Å²) in [5, 5.41) is 60.0. The average molecular weight is 439 g/mol. The summed E-state index contributed by atoms with van der Waals surface area (Å²) in [7, 11) is 0. The third-order valence-electron chi connectivity index (χ3n) is 5.68. The molecule has 2 rings (SSSR count). The van der Waals surface area contributed by atoms with Crippen molar-refractivity contribution in [2.75, 3.05) is 13.2 Å². The Morgan fingerprint density at radius 3 is 1.87 bits per heavy atom. The molecule has 10 heteroatoms. The predicted octanol–water partition coefficient (Wildman–Crippen LogP) is -0.985. The number of rotatable bonds is 11. The second kappa shape index (κ2) is 12.6. The summed E-state index contributed by atoms with van der Waals surface area (Å²) < 4.78 is 21.9. The lowest BCUT2D eigenvalue weighted by Crippen LogP contribution is -2.61. The van der Waals surface area contributed by atoms with Gasteiger partial charge in [-0.3, -0.25) is 0 Å². The maximum atomic E-state index is 10.2. The third kappa shape index (κ3) is 6.80. The smallest absolute Gasteiger partial charge is 0.186 e. The first-order valence-electron chi connectivity index (χ1n) is 10.9. The van der Waals surface area contributed by atoms with Crippen molar-refractivity contribution in [3.8, 4) is 0 Å². The van der Waals surface area contributed by atoms with Crippen LogP contribution in [0.3, 0.4) is 0 Å². The van der Waals surface area contributed by atoms with Gasteiger partial charge in [0.15, 0.2) is 12.6 Å². The van der Waals surface area contributed by atoms with Crippen molar-refractivity contribution in [3.63, 3.8) is 0 Å². The van der Waals surface area contributed by atoms with E-state index in [1.165, 1.54) is 26.2 Å². The molecule has 0 amide bonds. The SMILES string of the molecule is CCCCCCCCO[C@@H]1O[C@H](CO[C@@H]2O[C@@H](C)[C@@H](O)[C@@H](O)[C@@H]2O)[C@H](O)[C@H](O)[C@H]1O. The fourth-order valence-electron chi connectivity index (χ4n) is 3.61. The van der Waals surface area contributed by atoms with E-state index in [1.807, 2.05) is 0 Å². The minimum atomic E-state index is -1.49. The summed E-state index contributed by atoms with van der Waals surface area (Å²) in [4.78, 5) is 0. The van der Waals surface area contributed by atoms with Gasteiger partial charge in [-0.25, -0.2) is 0 Å². The second-order valence-electron chi connectivity index (χ2n) is 8.17. The molecule has 0 aromatic carbocycles. The predicted molar refractivity (Wildman–Crippen MR) is 104 cm³/mol. The van der Waals surface area contributed by atoms with Crippen LogP contribution in [-0.2, 0) is 18.9 Å². The van der Waals surface area contributed by atoms with Gasteiger partial charge in [-0.05, 0) is 13.3 Å². The second-order valence-corrected chi connectivity index (χ2v) is 8.17. The van der Waals surface area contributed by atoms with E-state index in [0.717, 1.165) is 19.3 Å². The Morgan fingerprint density at radius 1 is 0.633 bits per heavy atom. The highest BCUT2D eigenvalue weighted by Gasteiger charge is 2.46. The zero-order valence-electron chi connectivity index (χ0n) is 17.7. The molecule has 0 unspecified atom stereocenters. The number of hydrogen-bond donors (Lipinski definition) is 6. The molecule has 2 fully saturated rings. The standard InChI is InChI=1S/C20H38O10/c1-3-4-5-6-7-8-9-27-19-18(26)16(24)14(22)12(30-19)10-28-20-17(25)15(23)13(21)11(2)29-20/h11-26H,3-10H2,1-2H3/t11-,12+,13+,14-,15+,16-,17-,18+,19+,20+/m0/s1. The van der Waals surface area contributed by atoms with Crippen LogP contribution >= 0.6 is 0 Å². The molecule has 178 valence electrons. The van der Waals surface area contributed by atoms with Gasteiger partial charge < -0.3 is 49.6 Å². The number of hydrogen-bond acceptors (Lipinski definition) is 10. The maximum Gasteiger partial charge on any atom is 0.186 e. The Labute approximate surface area is 177 Å². The summed E-state index contributed by atoms with van der Waals surface area (Å²) in [5.74, 6) is 0. The molecule has 0 aromatic heterocycles. The van der Waals surface area contributed by atoms with Crippen molar-refractivity contribution >= 4 is 0 Å². The summed E-state index contributed by atoms with van der Waals surface area (Å²) in [6, 6.07) is 0. The van der Waals surface area contributed by atoms with E-state index in [1.54, 1.807) is 0 Å². The van der Waals surface area contributed by atoms with E-state index >= 15 is 0 Å². The molecule has 10 nitrogen and oxygen atoms in total. The molecule has 0 spiro atoms. The van der Waals surface area contributed by atoms with Crippen molar-refractivity contribution in [1.29, 1.82) is 0 Å². The quantitative estimate of drug-likeness (QED) is 0.221. The van der Waals surface area contributed by atoms with Gasteiger partial charge in [-0.2, -0.15) is 0 Å². The van der Waals surface area contributed by atoms with Crippen molar-refractivity contribution in [2.24, 2.45) is 0 Å². The molecule has 6 N–H and O–H groups in total. The zero-order chi connectivity index (χ0) is 22.3. The minimum Gasteiger partial charge on any atom is -0.388 e. The van der Waals surface area contributed by atoms with Crippen molar-refractivity contribution in [2.45, 2.75) is 114 Å². The van der Waals surface area contributed by atoms with Crippen LogP contribution in [-0.4, -0.2) is 105 Å². The van der Waals surface area contributed by atoms with Crippen LogP contribution in [0.25, 0.3) is 0 Å². The zero-order valence-corrected chi connectivity index (χ0v) is 17.7. The average Bonchev–Trinajstić information content (AvgIpc) is 2.73. The fraction of sp³-hybridized carbons (Fsp3) is 1.00. The number of unbranched alkanes of at least 4 members (excludes halogenated alkanes) is 5. The Morgan fingerprint density at radius 2 is 1.20 bits per heavy atom. The van der Waals surface area contributed by atoms with Crippen LogP contribution in [0.15, 0.2) is 0 Å². The maximum absolute atomic E-state index is 10.2. The molecule has 0 radical (unpaired) electrons. The van der Waals surface area contributed by atoms with Gasteiger partial charge in [0.25, 0.3) is 0 Å². The topological polar surface area (TPSA) is 158 Å². The van der Waals surface area contributed by atoms with Gasteiger partial charge in [0.1, 0.15) is 42.7 Å². The molecular formula is C20H38O10. The van der Waals surface area contributed by atoms with Crippen molar-refractivity contribution in [1.82, 2.24) is 0 Å². The summed E-state index contributed by atoms with van der Waals surface area (Å²) in [5.41, 5.74) is 0. The molecule has 2 aliphatic rings. The lowest BCUT2D eigenvalue weighted by Gasteiger charge is -2.42. The van der Waals surface area contributed by atoms with Crippen LogP contribution in [0.2, 0.25) is 0 Å². The molecule has 0 aromatic rings. The first kappa shape index (κ1) is 25.9. The monoisotopic (exact) mass is 438 g/mol. The molecule has 0 bridgehead atoms. The highest BCUT2D eigenvalue weighted by molar-refractivity contribution is 4.91. The Hall–Kier alpha value is -0.400. The van der Waals surface area contributed by atoms with E-state index < -0.39 is 61.4 Å². The Kier molecular flexibility index (Phi) is 10.9. The number of aliphatic hydroxyl groups excluding tert-OH is 6. The van der Waals surface area contributed by atoms with Crippen LogP contribution in [0, 0.1) is 0 Å². The van der Waals surface area contributed by atoms with E-state index in [9.17, 15) is 30.6 Å². The first-order valence-corrected chi connectivity index (χ1v) is 10.9. The summed E-state index contributed by atoms with van der Waals surface area (Å²) in [6.45, 7) is 3.72. The first-order chi connectivity index (χ1) is 14.3. The van der Waals surface area contributed by atoms with Crippen LogP contribution in [0.4, 0.5) is 0 Å². The molecule has 10 atom stereocenters. The molecular weight excluding hydrogens is 400 g/mol. The summed E-state index contributed by atoms with van der Waals surface area (Å²) in [6.07, 6.45) is -6.32. The van der Waals surface area contributed by atoms with Gasteiger partial charge in [0.2, 0.25) is 0 Å². The fourth-order valence-corrected chi connectivity index (χ4v) is 3.61. The number of aliphatic hydroxyl groups is 6. The Balaban J connectivity index is 1.80. The molecule has 0 saturated carbocycles. The third-order valence-corrected chi connectivity index (χ3v) is 5.68. The van der Waals surface area contributed by atoms with Gasteiger partial charge in [0, 0.05) is 6.61 Å². The summed E-state index contributed by atoms with van der Waals surface area (Å²) >= 11 is 0. The van der Waals surface area contributed by atoms with Gasteiger partial charge in [-0.1, -0.05) is 39.0 Å². The van der Waals surface area contributed by atoms with Crippen LogP contribution < -0.4 is 0 Å². The van der Waals surface area contributed by atoms with Gasteiger partial charge in [0.05, 0.1) is 12.7 Å². The molecule has 2 heterocycles.